The number of imide groups is 1. The average Bonchev–Trinajstić information content (AvgIpc) is 3.06. The average molecular weight is 463 g/mol. The van der Waals surface area contributed by atoms with Crippen LogP contribution in [0.15, 0.2) is 48.5 Å². The minimum atomic E-state index is -3.31. The van der Waals surface area contributed by atoms with Gasteiger partial charge in [-0.25, -0.2) is 17.6 Å². The Balaban J connectivity index is 1.48. The van der Waals surface area contributed by atoms with Crippen LogP contribution in [0.1, 0.15) is 37.7 Å². The molecule has 0 unspecified atom stereocenters. The Kier molecular flexibility index (Phi) is 7.84. The van der Waals surface area contributed by atoms with Crippen LogP contribution in [0, 0.1) is 5.82 Å². The van der Waals surface area contributed by atoms with Gasteiger partial charge in [-0.05, 0) is 48.6 Å². The molecule has 1 N–H and O–H groups in total. The van der Waals surface area contributed by atoms with E-state index in [9.17, 15) is 22.4 Å². The SMILES string of the molecule is C[C@@H](CS(=O)(=O)CCCCCN1CC(=O)NC1=O)c1ccc(F)c(Oc2ccccc2)c1. The van der Waals surface area contributed by atoms with Crippen LogP contribution in [0.5, 0.6) is 11.5 Å². The number of carbonyl (C=O) groups excluding carboxylic acids is 2. The molecule has 0 aliphatic carbocycles. The van der Waals surface area contributed by atoms with Gasteiger partial charge in [-0.2, -0.15) is 0 Å². The molecule has 172 valence electrons. The van der Waals surface area contributed by atoms with E-state index in [-0.39, 0.29) is 35.6 Å². The zero-order chi connectivity index (χ0) is 23.1. The van der Waals surface area contributed by atoms with E-state index in [0.29, 0.717) is 37.1 Å². The van der Waals surface area contributed by atoms with E-state index in [1.54, 1.807) is 43.3 Å². The van der Waals surface area contributed by atoms with Crippen molar-refractivity contribution in [3.05, 3.63) is 59.9 Å². The highest BCUT2D eigenvalue weighted by molar-refractivity contribution is 7.91. The summed E-state index contributed by atoms with van der Waals surface area (Å²) in [7, 11) is -3.31. The number of hydrogen-bond donors (Lipinski definition) is 1. The van der Waals surface area contributed by atoms with Gasteiger partial charge < -0.3 is 9.64 Å². The molecule has 7 nitrogen and oxygen atoms in total. The van der Waals surface area contributed by atoms with Crippen LogP contribution in [0.3, 0.4) is 0 Å². The normalized spacial score (nSPS) is 15.0. The summed E-state index contributed by atoms with van der Waals surface area (Å²) >= 11 is 0. The maximum atomic E-state index is 14.2. The molecule has 0 bridgehead atoms. The first-order valence-corrected chi connectivity index (χ1v) is 12.4. The predicted octanol–water partition coefficient (Wildman–Crippen LogP) is 3.86. The minimum absolute atomic E-state index is 0.0387. The maximum Gasteiger partial charge on any atom is 0.324 e. The van der Waals surface area contributed by atoms with Crippen LogP contribution in [0.25, 0.3) is 0 Å². The van der Waals surface area contributed by atoms with E-state index < -0.39 is 21.7 Å². The smallest absolute Gasteiger partial charge is 0.324 e. The van der Waals surface area contributed by atoms with Crippen molar-refractivity contribution in [2.45, 2.75) is 32.1 Å². The molecule has 1 aliphatic heterocycles. The lowest BCUT2D eigenvalue weighted by Gasteiger charge is -2.15. The van der Waals surface area contributed by atoms with Crippen molar-refractivity contribution in [1.82, 2.24) is 10.2 Å². The van der Waals surface area contributed by atoms with Crippen LogP contribution >= 0.6 is 0 Å². The standard InChI is InChI=1S/C23H27FN2O5S/c1-17(18-10-11-20(24)21(14-18)31-19-8-4-2-5-9-19)16-32(29,30)13-7-3-6-12-26-15-22(27)25-23(26)28/h2,4-5,8-11,14,17H,3,6-7,12-13,15-16H2,1H3,(H,25,27,28)/t17-/m0/s1. The number of halogens is 1. The van der Waals surface area contributed by atoms with Crippen molar-refractivity contribution in [3.8, 4) is 11.5 Å². The molecule has 0 saturated carbocycles. The van der Waals surface area contributed by atoms with Crippen LogP contribution < -0.4 is 10.1 Å². The molecule has 32 heavy (non-hydrogen) atoms. The van der Waals surface area contributed by atoms with Gasteiger partial charge in [-0.15, -0.1) is 0 Å². The predicted molar refractivity (Wildman–Crippen MR) is 119 cm³/mol. The van der Waals surface area contributed by atoms with E-state index in [4.69, 9.17) is 4.74 Å². The summed E-state index contributed by atoms with van der Waals surface area (Å²) in [6.07, 6.45) is 1.74. The van der Waals surface area contributed by atoms with E-state index >= 15 is 0 Å². The van der Waals surface area contributed by atoms with Gasteiger partial charge in [-0.1, -0.05) is 37.6 Å². The Bertz CT molecular complexity index is 1060. The Morgan fingerprint density at radius 2 is 1.84 bits per heavy atom. The van der Waals surface area contributed by atoms with Crippen molar-refractivity contribution >= 4 is 21.8 Å². The third kappa shape index (κ3) is 6.78. The van der Waals surface area contributed by atoms with Gasteiger partial charge in [0, 0.05) is 6.54 Å². The quantitative estimate of drug-likeness (QED) is 0.404. The van der Waals surface area contributed by atoms with Gasteiger partial charge in [0.05, 0.1) is 11.5 Å². The molecule has 1 saturated heterocycles. The van der Waals surface area contributed by atoms with E-state index in [1.807, 2.05) is 6.07 Å². The monoisotopic (exact) mass is 462 g/mol. The summed E-state index contributed by atoms with van der Waals surface area (Å²) in [5.74, 6) is -0.602. The van der Waals surface area contributed by atoms with Crippen molar-refractivity contribution in [2.24, 2.45) is 0 Å². The molecule has 1 heterocycles. The Hall–Kier alpha value is -2.94. The first kappa shape index (κ1) is 23.7. The van der Waals surface area contributed by atoms with Gasteiger partial charge in [-0.3, -0.25) is 10.1 Å². The highest BCUT2D eigenvalue weighted by Crippen LogP contribution is 2.29. The molecule has 2 aromatic rings. The molecule has 0 aromatic heterocycles. The molecule has 3 rings (SSSR count). The van der Waals surface area contributed by atoms with Crippen LogP contribution in [0.2, 0.25) is 0 Å². The van der Waals surface area contributed by atoms with Gasteiger partial charge in [0.25, 0.3) is 0 Å². The zero-order valence-corrected chi connectivity index (χ0v) is 18.7. The van der Waals surface area contributed by atoms with Gasteiger partial charge >= 0.3 is 6.03 Å². The first-order chi connectivity index (χ1) is 15.2. The number of rotatable bonds is 11. The topological polar surface area (TPSA) is 92.8 Å². The number of amides is 3. The Labute approximate surface area is 187 Å². The van der Waals surface area contributed by atoms with Crippen LogP contribution in [-0.4, -0.2) is 49.9 Å². The van der Waals surface area contributed by atoms with E-state index in [2.05, 4.69) is 5.32 Å². The summed E-state index contributed by atoms with van der Waals surface area (Å²) in [6.45, 7) is 2.27. The molecule has 0 spiro atoms. The van der Waals surface area contributed by atoms with Gasteiger partial charge in [0.15, 0.2) is 21.4 Å². The molecule has 0 radical (unpaired) electrons. The number of ether oxygens (including phenoxy) is 1. The molecular formula is C23H27FN2O5S. The van der Waals surface area contributed by atoms with Crippen molar-refractivity contribution in [1.29, 1.82) is 0 Å². The van der Waals surface area contributed by atoms with E-state index in [1.165, 1.54) is 11.0 Å². The number of nitrogens with zero attached hydrogens (tertiary/aromatic N) is 1. The second-order valence-electron chi connectivity index (χ2n) is 7.96. The lowest BCUT2D eigenvalue weighted by Crippen LogP contribution is -2.29. The summed E-state index contributed by atoms with van der Waals surface area (Å²) in [5.41, 5.74) is 0.686. The lowest BCUT2D eigenvalue weighted by molar-refractivity contribution is -0.118. The van der Waals surface area contributed by atoms with E-state index in [0.717, 1.165) is 0 Å². The van der Waals surface area contributed by atoms with Crippen LogP contribution in [0.4, 0.5) is 9.18 Å². The Morgan fingerprint density at radius 1 is 1.09 bits per heavy atom. The summed E-state index contributed by atoms with van der Waals surface area (Å²) in [6, 6.07) is 12.8. The number of hydrogen-bond acceptors (Lipinski definition) is 5. The number of urea groups is 1. The molecule has 2 aromatic carbocycles. The lowest BCUT2D eigenvalue weighted by atomic mass is 10.0. The number of benzene rings is 2. The second-order valence-corrected chi connectivity index (χ2v) is 10.2. The first-order valence-electron chi connectivity index (χ1n) is 10.5. The fourth-order valence-corrected chi connectivity index (χ4v) is 5.31. The van der Waals surface area contributed by atoms with Crippen LogP contribution in [-0.2, 0) is 14.6 Å². The molecular weight excluding hydrogens is 435 g/mol. The highest BCUT2D eigenvalue weighted by Gasteiger charge is 2.25. The van der Waals surface area contributed by atoms with Crippen molar-refractivity contribution < 1.29 is 27.1 Å². The number of nitrogens with one attached hydrogen (secondary N) is 1. The minimum Gasteiger partial charge on any atom is -0.454 e. The summed E-state index contributed by atoms with van der Waals surface area (Å²) < 4.78 is 44.9. The molecule has 1 atom stereocenters. The van der Waals surface area contributed by atoms with Crippen molar-refractivity contribution in [2.75, 3.05) is 24.6 Å². The molecule has 1 aliphatic rings. The number of unbranched alkanes of at least 4 members (excludes halogenated alkanes) is 2. The largest absolute Gasteiger partial charge is 0.454 e. The third-order valence-corrected chi connectivity index (χ3v) is 7.17. The maximum absolute atomic E-state index is 14.2. The fourth-order valence-electron chi connectivity index (χ4n) is 3.55. The summed E-state index contributed by atoms with van der Waals surface area (Å²) in [4.78, 5) is 24.0. The second kappa shape index (κ2) is 10.6. The number of para-hydroxylation sites is 1. The molecule has 1 fully saturated rings. The highest BCUT2D eigenvalue weighted by atomic mass is 32.2. The molecule has 3 amide bonds. The van der Waals surface area contributed by atoms with Gasteiger partial charge in [0.2, 0.25) is 5.91 Å². The zero-order valence-electron chi connectivity index (χ0n) is 17.9. The Morgan fingerprint density at radius 3 is 2.53 bits per heavy atom. The fraction of sp³-hybridized carbons (Fsp3) is 0.391. The summed E-state index contributed by atoms with van der Waals surface area (Å²) in [5, 5.41) is 2.21. The molecule has 9 heteroatoms. The third-order valence-electron chi connectivity index (χ3n) is 5.25. The van der Waals surface area contributed by atoms with Crippen molar-refractivity contribution in [3.63, 3.8) is 0 Å². The number of sulfone groups is 1. The number of carbonyl (C=O) groups is 2. The van der Waals surface area contributed by atoms with Gasteiger partial charge in [0.1, 0.15) is 12.3 Å².